The van der Waals surface area contributed by atoms with Gasteiger partial charge in [-0.3, -0.25) is 4.79 Å². The largest absolute Gasteiger partial charge is 0.497 e. The van der Waals surface area contributed by atoms with Crippen molar-refractivity contribution >= 4 is 11.6 Å². The Morgan fingerprint density at radius 2 is 1.85 bits per heavy atom. The molecule has 1 aliphatic rings. The summed E-state index contributed by atoms with van der Waals surface area (Å²) in [6.45, 7) is 4.00. The SMILES string of the molecule is COc1cccc(OCC(=O)NCCc2ccc(N3CCOCC3)cc2)c1. The second kappa shape index (κ2) is 9.83. The second-order valence-corrected chi connectivity index (χ2v) is 6.33. The first kappa shape index (κ1) is 19.0. The topological polar surface area (TPSA) is 60.0 Å². The van der Waals surface area contributed by atoms with E-state index >= 15 is 0 Å². The van der Waals surface area contributed by atoms with Gasteiger partial charge >= 0.3 is 0 Å². The quantitative estimate of drug-likeness (QED) is 0.772. The predicted molar refractivity (Wildman–Crippen MR) is 105 cm³/mol. The van der Waals surface area contributed by atoms with E-state index in [4.69, 9.17) is 14.2 Å². The van der Waals surface area contributed by atoms with Gasteiger partial charge in [-0.05, 0) is 36.2 Å². The maximum Gasteiger partial charge on any atom is 0.257 e. The molecule has 0 unspecified atom stereocenters. The molecular formula is C21H26N2O4. The molecule has 0 spiro atoms. The molecule has 1 aliphatic heterocycles. The summed E-state index contributed by atoms with van der Waals surface area (Å²) < 4.78 is 16.0. The van der Waals surface area contributed by atoms with E-state index in [0.29, 0.717) is 18.0 Å². The highest BCUT2D eigenvalue weighted by Crippen LogP contribution is 2.19. The molecular weight excluding hydrogens is 344 g/mol. The van der Waals surface area contributed by atoms with Gasteiger partial charge in [0, 0.05) is 31.4 Å². The first-order valence-electron chi connectivity index (χ1n) is 9.20. The van der Waals surface area contributed by atoms with Crippen molar-refractivity contribution in [1.82, 2.24) is 5.32 Å². The Balaban J connectivity index is 1.38. The minimum Gasteiger partial charge on any atom is -0.497 e. The van der Waals surface area contributed by atoms with Crippen LogP contribution in [0, 0.1) is 0 Å². The smallest absolute Gasteiger partial charge is 0.257 e. The number of hydrogen-bond donors (Lipinski definition) is 1. The molecule has 144 valence electrons. The molecule has 0 radical (unpaired) electrons. The molecule has 0 atom stereocenters. The molecule has 27 heavy (non-hydrogen) atoms. The summed E-state index contributed by atoms with van der Waals surface area (Å²) in [5.74, 6) is 1.18. The molecule has 2 aromatic carbocycles. The highest BCUT2D eigenvalue weighted by atomic mass is 16.5. The molecule has 1 heterocycles. The maximum absolute atomic E-state index is 11.9. The van der Waals surface area contributed by atoms with Crippen LogP contribution in [0.15, 0.2) is 48.5 Å². The Kier molecular flexibility index (Phi) is 6.93. The van der Waals surface area contributed by atoms with Crippen LogP contribution in [0.25, 0.3) is 0 Å². The van der Waals surface area contributed by atoms with Crippen molar-refractivity contribution in [2.24, 2.45) is 0 Å². The molecule has 0 aromatic heterocycles. The van der Waals surface area contributed by atoms with Crippen LogP contribution in [0.5, 0.6) is 11.5 Å². The molecule has 0 aliphatic carbocycles. The molecule has 1 saturated heterocycles. The molecule has 0 bridgehead atoms. The number of hydrogen-bond acceptors (Lipinski definition) is 5. The fourth-order valence-corrected chi connectivity index (χ4v) is 2.93. The van der Waals surface area contributed by atoms with Crippen molar-refractivity contribution in [2.45, 2.75) is 6.42 Å². The van der Waals surface area contributed by atoms with E-state index in [1.807, 2.05) is 12.1 Å². The Labute approximate surface area is 160 Å². The normalized spacial score (nSPS) is 13.9. The molecule has 6 heteroatoms. The molecule has 1 N–H and O–H groups in total. The van der Waals surface area contributed by atoms with Gasteiger partial charge in [0.15, 0.2) is 6.61 Å². The predicted octanol–water partition coefficient (Wildman–Crippen LogP) is 2.27. The van der Waals surface area contributed by atoms with Crippen LogP contribution in [0.3, 0.4) is 0 Å². The molecule has 1 amide bonds. The summed E-state index contributed by atoms with van der Waals surface area (Å²) in [5, 5.41) is 2.89. The molecule has 3 rings (SSSR count). The molecule has 2 aromatic rings. The average molecular weight is 370 g/mol. The third-order valence-electron chi connectivity index (χ3n) is 4.46. The first-order chi connectivity index (χ1) is 13.2. The van der Waals surface area contributed by atoms with E-state index in [-0.39, 0.29) is 12.5 Å². The van der Waals surface area contributed by atoms with Crippen molar-refractivity contribution in [3.05, 3.63) is 54.1 Å². The summed E-state index contributed by atoms with van der Waals surface area (Å²) >= 11 is 0. The number of nitrogens with one attached hydrogen (secondary N) is 1. The van der Waals surface area contributed by atoms with E-state index in [1.54, 1.807) is 19.2 Å². The van der Waals surface area contributed by atoms with Crippen molar-refractivity contribution in [2.75, 3.05) is 51.5 Å². The van der Waals surface area contributed by atoms with Crippen LogP contribution in [0.1, 0.15) is 5.56 Å². The van der Waals surface area contributed by atoms with Crippen molar-refractivity contribution in [1.29, 1.82) is 0 Å². The number of carbonyl (C=O) groups is 1. The summed E-state index contributed by atoms with van der Waals surface area (Å²) in [6, 6.07) is 15.7. The third kappa shape index (κ3) is 5.89. The fourth-order valence-electron chi connectivity index (χ4n) is 2.93. The number of rotatable bonds is 8. The Bertz CT molecular complexity index is 727. The number of anilines is 1. The number of benzene rings is 2. The lowest BCUT2D eigenvalue weighted by molar-refractivity contribution is -0.123. The van der Waals surface area contributed by atoms with Gasteiger partial charge in [0.05, 0.1) is 20.3 Å². The third-order valence-corrected chi connectivity index (χ3v) is 4.46. The molecule has 0 saturated carbocycles. The van der Waals surface area contributed by atoms with Crippen LogP contribution < -0.4 is 19.7 Å². The van der Waals surface area contributed by atoms with E-state index in [2.05, 4.69) is 34.5 Å². The zero-order chi connectivity index (χ0) is 18.9. The number of morpholine rings is 1. The van der Waals surface area contributed by atoms with Gasteiger partial charge in [0.1, 0.15) is 11.5 Å². The Morgan fingerprint density at radius 3 is 2.59 bits per heavy atom. The lowest BCUT2D eigenvalue weighted by atomic mass is 10.1. The van der Waals surface area contributed by atoms with Gasteiger partial charge in [-0.15, -0.1) is 0 Å². The molecule has 6 nitrogen and oxygen atoms in total. The summed E-state index contributed by atoms with van der Waals surface area (Å²) in [5.41, 5.74) is 2.42. The summed E-state index contributed by atoms with van der Waals surface area (Å²) in [7, 11) is 1.60. The van der Waals surface area contributed by atoms with Gasteiger partial charge in [-0.2, -0.15) is 0 Å². The van der Waals surface area contributed by atoms with Crippen LogP contribution in [-0.4, -0.2) is 52.5 Å². The second-order valence-electron chi connectivity index (χ2n) is 6.33. The molecule has 1 fully saturated rings. The van der Waals surface area contributed by atoms with Crippen molar-refractivity contribution in [3.63, 3.8) is 0 Å². The van der Waals surface area contributed by atoms with Crippen molar-refractivity contribution in [3.8, 4) is 11.5 Å². The number of amides is 1. The van der Waals surface area contributed by atoms with E-state index < -0.39 is 0 Å². The van der Waals surface area contributed by atoms with Crippen LogP contribution in [0.2, 0.25) is 0 Å². The summed E-state index contributed by atoms with van der Waals surface area (Å²) in [4.78, 5) is 14.3. The standard InChI is InChI=1S/C21H26N2O4/c1-25-19-3-2-4-20(15-19)27-16-21(24)22-10-9-17-5-7-18(8-6-17)23-11-13-26-14-12-23/h2-8,15H,9-14,16H2,1H3,(H,22,24). The maximum atomic E-state index is 11.9. The fraction of sp³-hybridized carbons (Fsp3) is 0.381. The minimum atomic E-state index is -0.136. The highest BCUT2D eigenvalue weighted by molar-refractivity contribution is 5.77. The van der Waals surface area contributed by atoms with E-state index in [1.165, 1.54) is 11.3 Å². The Hall–Kier alpha value is -2.73. The zero-order valence-corrected chi connectivity index (χ0v) is 15.6. The van der Waals surface area contributed by atoms with Gasteiger partial charge in [-0.25, -0.2) is 0 Å². The lowest BCUT2D eigenvalue weighted by Gasteiger charge is -2.28. The van der Waals surface area contributed by atoms with Gasteiger partial charge in [0.25, 0.3) is 5.91 Å². The van der Waals surface area contributed by atoms with Gasteiger partial charge in [-0.1, -0.05) is 18.2 Å². The van der Waals surface area contributed by atoms with Crippen molar-refractivity contribution < 1.29 is 19.0 Å². The van der Waals surface area contributed by atoms with E-state index in [0.717, 1.165) is 32.7 Å². The number of methoxy groups -OCH3 is 1. The van der Waals surface area contributed by atoms with Crippen LogP contribution >= 0.6 is 0 Å². The zero-order valence-electron chi connectivity index (χ0n) is 15.6. The number of ether oxygens (including phenoxy) is 3. The first-order valence-corrected chi connectivity index (χ1v) is 9.20. The monoisotopic (exact) mass is 370 g/mol. The summed E-state index contributed by atoms with van der Waals surface area (Å²) in [6.07, 6.45) is 0.786. The van der Waals surface area contributed by atoms with Crippen LogP contribution in [-0.2, 0) is 16.0 Å². The van der Waals surface area contributed by atoms with Gasteiger partial charge < -0.3 is 24.4 Å². The van der Waals surface area contributed by atoms with Gasteiger partial charge in [0.2, 0.25) is 0 Å². The lowest BCUT2D eigenvalue weighted by Crippen LogP contribution is -2.36. The number of carbonyl (C=O) groups excluding carboxylic acids is 1. The average Bonchev–Trinajstić information content (AvgIpc) is 2.73. The Morgan fingerprint density at radius 1 is 1.11 bits per heavy atom. The van der Waals surface area contributed by atoms with E-state index in [9.17, 15) is 4.79 Å². The number of nitrogens with zero attached hydrogens (tertiary/aromatic N) is 1. The minimum absolute atomic E-state index is 0.0108. The van der Waals surface area contributed by atoms with Crippen LogP contribution in [0.4, 0.5) is 5.69 Å². The highest BCUT2D eigenvalue weighted by Gasteiger charge is 2.10.